The third-order valence-electron chi connectivity index (χ3n) is 3.70. The van der Waals surface area contributed by atoms with Crippen molar-refractivity contribution in [3.63, 3.8) is 0 Å². The van der Waals surface area contributed by atoms with Gasteiger partial charge in [0.25, 0.3) is 5.91 Å². The van der Waals surface area contributed by atoms with Crippen molar-refractivity contribution in [3.8, 4) is 0 Å². The van der Waals surface area contributed by atoms with Gasteiger partial charge in [-0.3, -0.25) is 4.79 Å². The minimum absolute atomic E-state index is 0.0387. The highest BCUT2D eigenvalue weighted by Gasteiger charge is 2.38. The number of anilines is 1. The van der Waals surface area contributed by atoms with E-state index in [0.717, 1.165) is 37.0 Å². The Morgan fingerprint density at radius 2 is 2.22 bits per heavy atom. The number of carbonyl (C=O) groups excluding carboxylic acids is 1. The molecule has 94 valence electrons. The highest BCUT2D eigenvalue weighted by molar-refractivity contribution is 6.16. The maximum atomic E-state index is 13.1. The summed E-state index contributed by atoms with van der Waals surface area (Å²) in [6.07, 6.45) is 4.01. The lowest BCUT2D eigenvalue weighted by molar-refractivity contribution is -0.120. The quantitative estimate of drug-likeness (QED) is 0.749. The lowest BCUT2D eigenvalue weighted by Gasteiger charge is -2.18. The van der Waals surface area contributed by atoms with E-state index in [1.54, 1.807) is 13.0 Å². The largest absolute Gasteiger partial charge is 0.272 e. The van der Waals surface area contributed by atoms with Crippen LogP contribution in [-0.4, -0.2) is 11.6 Å². The molecule has 0 aromatic heterocycles. The van der Waals surface area contributed by atoms with Gasteiger partial charge in [0.2, 0.25) is 0 Å². The van der Waals surface area contributed by atoms with Crippen molar-refractivity contribution in [1.82, 2.24) is 0 Å². The summed E-state index contributed by atoms with van der Waals surface area (Å²) >= 11 is 0. The number of aryl methyl sites for hydroxylation is 1. The molecule has 1 aromatic rings. The Morgan fingerprint density at radius 1 is 1.39 bits per heavy atom. The molecule has 1 amide bonds. The number of halogens is 1. The minimum Gasteiger partial charge on any atom is -0.272 e. The molecule has 0 radical (unpaired) electrons. The van der Waals surface area contributed by atoms with E-state index in [-0.39, 0.29) is 17.6 Å². The number of rotatable bonds is 1. The van der Waals surface area contributed by atoms with Gasteiger partial charge in [-0.05, 0) is 49.9 Å². The van der Waals surface area contributed by atoms with Crippen LogP contribution in [0.3, 0.4) is 0 Å². The lowest BCUT2D eigenvalue weighted by atomic mass is 9.87. The molecular weight excluding hydrogens is 231 g/mol. The molecule has 2 aliphatic rings. The summed E-state index contributed by atoms with van der Waals surface area (Å²) in [6, 6.07) is 4.44. The maximum Gasteiger partial charge on any atom is 0.256 e. The summed E-state index contributed by atoms with van der Waals surface area (Å²) in [5, 5.41) is 5.89. The van der Waals surface area contributed by atoms with Crippen LogP contribution >= 0.6 is 0 Å². The Bertz CT molecular complexity index is 539. The number of hydrogen-bond acceptors (Lipinski definition) is 2. The standard InChI is InChI=1S/C14H15FN2O/c1-9-8-10(15)6-7-13(9)17-14(18)11-4-2-3-5-12(11)16-17/h6-8,11H,2-5H2,1H3. The molecule has 0 N–H and O–H groups in total. The molecule has 1 unspecified atom stereocenters. The molecule has 1 atom stereocenters. The van der Waals surface area contributed by atoms with E-state index in [1.807, 2.05) is 0 Å². The van der Waals surface area contributed by atoms with E-state index in [1.165, 1.54) is 17.1 Å². The number of benzene rings is 1. The number of hydrogen-bond donors (Lipinski definition) is 0. The second-order valence-electron chi connectivity index (χ2n) is 4.97. The first-order chi connectivity index (χ1) is 8.66. The van der Waals surface area contributed by atoms with Gasteiger partial charge in [0.05, 0.1) is 17.3 Å². The highest BCUT2D eigenvalue weighted by Crippen LogP contribution is 2.33. The molecule has 1 heterocycles. The molecule has 1 aliphatic heterocycles. The molecular formula is C14H15FN2O. The summed E-state index contributed by atoms with van der Waals surface area (Å²) in [5.41, 5.74) is 2.43. The second-order valence-corrected chi connectivity index (χ2v) is 4.97. The fraction of sp³-hybridized carbons (Fsp3) is 0.429. The van der Waals surface area contributed by atoms with Gasteiger partial charge >= 0.3 is 0 Å². The highest BCUT2D eigenvalue weighted by atomic mass is 19.1. The Labute approximate surface area is 105 Å². The molecule has 3 nitrogen and oxygen atoms in total. The zero-order valence-electron chi connectivity index (χ0n) is 10.3. The van der Waals surface area contributed by atoms with Crippen molar-refractivity contribution >= 4 is 17.3 Å². The zero-order chi connectivity index (χ0) is 12.7. The van der Waals surface area contributed by atoms with E-state index < -0.39 is 0 Å². The Kier molecular flexibility index (Phi) is 2.65. The van der Waals surface area contributed by atoms with E-state index in [4.69, 9.17) is 0 Å². The summed E-state index contributed by atoms with van der Waals surface area (Å²) in [7, 11) is 0. The number of fused-ring (bicyclic) bond motifs is 1. The maximum absolute atomic E-state index is 13.1. The lowest BCUT2D eigenvalue weighted by Crippen LogP contribution is -2.29. The van der Waals surface area contributed by atoms with Gasteiger partial charge in [-0.15, -0.1) is 0 Å². The average molecular weight is 246 g/mol. The number of nitrogens with zero attached hydrogens (tertiary/aromatic N) is 2. The van der Waals surface area contributed by atoms with E-state index in [2.05, 4.69) is 5.10 Å². The van der Waals surface area contributed by atoms with Gasteiger partial charge in [0.1, 0.15) is 5.82 Å². The van der Waals surface area contributed by atoms with Gasteiger partial charge in [0.15, 0.2) is 0 Å². The number of carbonyl (C=O) groups is 1. The van der Waals surface area contributed by atoms with Crippen molar-refractivity contribution in [1.29, 1.82) is 0 Å². The Balaban J connectivity index is 1.97. The molecule has 3 rings (SSSR count). The van der Waals surface area contributed by atoms with Gasteiger partial charge in [-0.2, -0.15) is 10.1 Å². The van der Waals surface area contributed by atoms with Crippen molar-refractivity contribution < 1.29 is 9.18 Å². The van der Waals surface area contributed by atoms with Gasteiger partial charge in [0, 0.05) is 0 Å². The third kappa shape index (κ3) is 1.72. The topological polar surface area (TPSA) is 32.7 Å². The predicted molar refractivity (Wildman–Crippen MR) is 68.0 cm³/mol. The van der Waals surface area contributed by atoms with Gasteiger partial charge in [-0.1, -0.05) is 6.42 Å². The van der Waals surface area contributed by atoms with Gasteiger partial charge in [-0.25, -0.2) is 4.39 Å². The van der Waals surface area contributed by atoms with Gasteiger partial charge < -0.3 is 0 Å². The van der Waals surface area contributed by atoms with Crippen LogP contribution in [0.25, 0.3) is 0 Å². The summed E-state index contributed by atoms with van der Waals surface area (Å²) < 4.78 is 13.1. The van der Waals surface area contributed by atoms with Crippen LogP contribution in [-0.2, 0) is 4.79 Å². The van der Waals surface area contributed by atoms with Crippen LogP contribution in [0.2, 0.25) is 0 Å². The van der Waals surface area contributed by atoms with E-state index in [0.29, 0.717) is 5.69 Å². The van der Waals surface area contributed by atoms with Crippen LogP contribution in [0, 0.1) is 18.7 Å². The van der Waals surface area contributed by atoms with Crippen molar-refractivity contribution in [3.05, 3.63) is 29.6 Å². The minimum atomic E-state index is -0.284. The van der Waals surface area contributed by atoms with Crippen LogP contribution in [0.4, 0.5) is 10.1 Å². The molecule has 0 bridgehead atoms. The fourth-order valence-electron chi connectivity index (χ4n) is 2.74. The molecule has 4 heteroatoms. The predicted octanol–water partition coefficient (Wildman–Crippen LogP) is 3.03. The fourth-order valence-corrected chi connectivity index (χ4v) is 2.74. The average Bonchev–Trinajstić information content (AvgIpc) is 2.68. The number of amides is 1. The molecule has 18 heavy (non-hydrogen) atoms. The van der Waals surface area contributed by atoms with Crippen molar-refractivity contribution in [2.75, 3.05) is 5.01 Å². The van der Waals surface area contributed by atoms with Crippen LogP contribution in [0.1, 0.15) is 31.2 Å². The first-order valence-electron chi connectivity index (χ1n) is 6.34. The molecule has 1 aliphatic carbocycles. The smallest absolute Gasteiger partial charge is 0.256 e. The molecule has 1 saturated carbocycles. The molecule has 1 aromatic carbocycles. The van der Waals surface area contributed by atoms with Crippen LogP contribution < -0.4 is 5.01 Å². The van der Waals surface area contributed by atoms with Crippen molar-refractivity contribution in [2.24, 2.45) is 11.0 Å². The van der Waals surface area contributed by atoms with E-state index in [9.17, 15) is 9.18 Å². The van der Waals surface area contributed by atoms with Crippen LogP contribution in [0.5, 0.6) is 0 Å². The summed E-state index contributed by atoms with van der Waals surface area (Å²) in [4.78, 5) is 12.3. The summed E-state index contributed by atoms with van der Waals surface area (Å²) in [5.74, 6) is -0.282. The monoisotopic (exact) mass is 246 g/mol. The van der Waals surface area contributed by atoms with Crippen LogP contribution in [0.15, 0.2) is 23.3 Å². The zero-order valence-corrected chi connectivity index (χ0v) is 10.3. The summed E-state index contributed by atoms with van der Waals surface area (Å²) in [6.45, 7) is 1.80. The Hall–Kier alpha value is -1.71. The van der Waals surface area contributed by atoms with E-state index >= 15 is 0 Å². The molecule has 1 fully saturated rings. The molecule has 0 saturated heterocycles. The van der Waals surface area contributed by atoms with Crippen molar-refractivity contribution in [2.45, 2.75) is 32.6 Å². The SMILES string of the molecule is Cc1cc(F)ccc1N1N=C2CCCCC2C1=O. The number of hydrazone groups is 1. The first kappa shape index (κ1) is 11.4. The molecule has 0 spiro atoms. The second kappa shape index (κ2) is 4.19. The normalized spacial score (nSPS) is 23.0. The Morgan fingerprint density at radius 3 is 2.94 bits per heavy atom. The third-order valence-corrected chi connectivity index (χ3v) is 3.70. The first-order valence-corrected chi connectivity index (χ1v) is 6.34.